The molecule has 0 rings (SSSR count). The number of imide groups is 1. The van der Waals surface area contributed by atoms with Crippen LogP contribution in [0.15, 0.2) is 0 Å². The monoisotopic (exact) mass is 235 g/mol. The molecule has 3 atom stereocenters. The van der Waals surface area contributed by atoms with Crippen LogP contribution in [0.25, 0.3) is 0 Å². The number of primary amides is 1. The minimum Gasteiger partial charge on any atom is -0.351 e. The maximum absolute atomic E-state index is 11.7. The third kappa shape index (κ3) is 4.89. The molecular formula is C8H17N3O3S. The Morgan fingerprint density at radius 1 is 1.40 bits per heavy atom. The second-order valence-electron chi connectivity index (χ2n) is 3.21. The lowest BCUT2D eigenvalue weighted by molar-refractivity contribution is -0.119. The lowest BCUT2D eigenvalue weighted by atomic mass is 10.3. The minimum atomic E-state index is -1.36. The Morgan fingerprint density at radius 2 is 1.93 bits per heavy atom. The topological polar surface area (TPSA) is 115 Å². The van der Waals surface area contributed by atoms with E-state index in [0.717, 1.165) is 0 Å². The van der Waals surface area contributed by atoms with E-state index in [2.05, 4.69) is 0 Å². The van der Waals surface area contributed by atoms with Gasteiger partial charge >= 0.3 is 6.03 Å². The smallest absolute Gasteiger partial charge is 0.318 e. The highest BCUT2D eigenvalue weighted by Gasteiger charge is 2.24. The first-order valence-corrected chi connectivity index (χ1v) is 5.87. The predicted molar refractivity (Wildman–Crippen MR) is 58.5 cm³/mol. The molecule has 0 aliphatic carbocycles. The third-order valence-electron chi connectivity index (χ3n) is 1.93. The van der Waals surface area contributed by atoms with Gasteiger partial charge in [0, 0.05) is 16.0 Å². The van der Waals surface area contributed by atoms with Crippen molar-refractivity contribution in [2.24, 2.45) is 11.5 Å². The molecule has 15 heavy (non-hydrogen) atoms. The zero-order valence-corrected chi connectivity index (χ0v) is 9.67. The van der Waals surface area contributed by atoms with Crippen molar-refractivity contribution in [1.29, 1.82) is 0 Å². The SMILES string of the molecule is CC(CCN)S(=O)C(C)C(=O)NC(N)=O. The number of urea groups is 1. The fourth-order valence-corrected chi connectivity index (χ4v) is 2.36. The van der Waals surface area contributed by atoms with Crippen LogP contribution in [-0.4, -0.2) is 33.2 Å². The molecule has 0 fully saturated rings. The van der Waals surface area contributed by atoms with Gasteiger partial charge in [-0.15, -0.1) is 0 Å². The number of nitrogens with one attached hydrogen (secondary N) is 1. The summed E-state index contributed by atoms with van der Waals surface area (Å²) in [7, 11) is -1.36. The molecule has 0 aromatic rings. The molecule has 5 N–H and O–H groups in total. The maximum atomic E-state index is 11.7. The first-order valence-electron chi connectivity index (χ1n) is 4.59. The van der Waals surface area contributed by atoms with Gasteiger partial charge in [0.15, 0.2) is 0 Å². The molecule has 0 saturated carbocycles. The fraction of sp³-hybridized carbons (Fsp3) is 0.750. The number of nitrogens with two attached hydrogens (primary N) is 2. The molecule has 3 unspecified atom stereocenters. The van der Waals surface area contributed by atoms with Crippen molar-refractivity contribution < 1.29 is 13.8 Å². The summed E-state index contributed by atoms with van der Waals surface area (Å²) in [6.45, 7) is 3.65. The van der Waals surface area contributed by atoms with Crippen molar-refractivity contribution in [3.63, 3.8) is 0 Å². The summed E-state index contributed by atoms with van der Waals surface area (Å²) in [5.41, 5.74) is 10.1. The highest BCUT2D eigenvalue weighted by molar-refractivity contribution is 7.87. The summed E-state index contributed by atoms with van der Waals surface area (Å²) in [6, 6.07) is -0.935. The normalized spacial score (nSPS) is 16.5. The quantitative estimate of drug-likeness (QED) is 0.570. The second-order valence-corrected chi connectivity index (χ2v) is 5.38. The van der Waals surface area contributed by atoms with Gasteiger partial charge in [0.2, 0.25) is 5.91 Å². The van der Waals surface area contributed by atoms with Crippen LogP contribution in [0, 0.1) is 0 Å². The first-order chi connectivity index (χ1) is 6.90. The van der Waals surface area contributed by atoms with Crippen molar-refractivity contribution >= 4 is 22.7 Å². The van der Waals surface area contributed by atoms with Gasteiger partial charge in [-0.25, -0.2) is 4.79 Å². The summed E-state index contributed by atoms with van der Waals surface area (Å²) in [6.07, 6.45) is 0.570. The standard InChI is InChI=1S/C8H17N3O3S/c1-5(3-4-9)15(14)6(2)7(12)11-8(10)13/h5-6H,3-4,9H2,1-2H3,(H3,10,11,12,13). The maximum Gasteiger partial charge on any atom is 0.318 e. The lowest BCUT2D eigenvalue weighted by Crippen LogP contribution is -2.43. The molecule has 0 aliphatic heterocycles. The van der Waals surface area contributed by atoms with E-state index < -0.39 is 28.0 Å². The molecule has 0 heterocycles. The van der Waals surface area contributed by atoms with Crippen LogP contribution in [0.3, 0.4) is 0 Å². The molecular weight excluding hydrogens is 218 g/mol. The zero-order chi connectivity index (χ0) is 12.0. The lowest BCUT2D eigenvalue weighted by Gasteiger charge is -2.15. The van der Waals surface area contributed by atoms with Gasteiger partial charge in [0.05, 0.1) is 0 Å². The van der Waals surface area contributed by atoms with E-state index >= 15 is 0 Å². The van der Waals surface area contributed by atoms with Gasteiger partial charge in [-0.2, -0.15) is 0 Å². The Balaban J connectivity index is 4.30. The number of carbonyl (C=O) groups excluding carboxylic acids is 2. The van der Waals surface area contributed by atoms with E-state index in [0.29, 0.717) is 13.0 Å². The average Bonchev–Trinajstić information content (AvgIpc) is 2.14. The summed E-state index contributed by atoms with van der Waals surface area (Å²) in [5.74, 6) is -0.621. The Labute approximate surface area is 91.2 Å². The molecule has 6 nitrogen and oxygen atoms in total. The van der Waals surface area contributed by atoms with Crippen LogP contribution in [0.5, 0.6) is 0 Å². The summed E-state index contributed by atoms with van der Waals surface area (Å²) in [5, 5.41) is 0.954. The van der Waals surface area contributed by atoms with Crippen molar-refractivity contribution in [2.75, 3.05) is 6.54 Å². The number of hydrogen-bond donors (Lipinski definition) is 3. The van der Waals surface area contributed by atoms with E-state index in [1.807, 2.05) is 5.32 Å². The van der Waals surface area contributed by atoms with E-state index in [9.17, 15) is 13.8 Å². The van der Waals surface area contributed by atoms with E-state index in [1.54, 1.807) is 6.92 Å². The average molecular weight is 235 g/mol. The van der Waals surface area contributed by atoms with E-state index in [1.165, 1.54) is 6.92 Å². The summed E-state index contributed by atoms with van der Waals surface area (Å²) >= 11 is 0. The Hall–Kier alpha value is -0.950. The van der Waals surface area contributed by atoms with Crippen molar-refractivity contribution in [2.45, 2.75) is 30.8 Å². The van der Waals surface area contributed by atoms with E-state index in [4.69, 9.17) is 11.5 Å². The van der Waals surface area contributed by atoms with Gasteiger partial charge in [-0.1, -0.05) is 6.92 Å². The summed E-state index contributed by atoms with van der Waals surface area (Å²) < 4.78 is 11.7. The van der Waals surface area contributed by atoms with Gasteiger partial charge < -0.3 is 11.5 Å². The highest BCUT2D eigenvalue weighted by atomic mass is 32.2. The molecule has 88 valence electrons. The molecule has 3 amide bonds. The highest BCUT2D eigenvalue weighted by Crippen LogP contribution is 2.07. The second kappa shape index (κ2) is 6.52. The van der Waals surface area contributed by atoms with Crippen LogP contribution < -0.4 is 16.8 Å². The molecule has 0 spiro atoms. The van der Waals surface area contributed by atoms with Gasteiger partial charge in [-0.3, -0.25) is 14.3 Å². The van der Waals surface area contributed by atoms with Gasteiger partial charge in [-0.05, 0) is 19.9 Å². The van der Waals surface area contributed by atoms with Crippen molar-refractivity contribution in [1.82, 2.24) is 5.32 Å². The first kappa shape index (κ1) is 14.1. The molecule has 0 radical (unpaired) electrons. The van der Waals surface area contributed by atoms with Crippen molar-refractivity contribution in [3.8, 4) is 0 Å². The molecule has 0 aromatic carbocycles. The van der Waals surface area contributed by atoms with Gasteiger partial charge in [0.1, 0.15) is 5.25 Å². The fourth-order valence-electron chi connectivity index (χ4n) is 1.03. The van der Waals surface area contributed by atoms with Crippen LogP contribution >= 0.6 is 0 Å². The molecule has 0 saturated heterocycles. The number of carbonyl (C=O) groups is 2. The number of hydrogen-bond acceptors (Lipinski definition) is 4. The number of rotatable bonds is 5. The van der Waals surface area contributed by atoms with Crippen LogP contribution in [-0.2, 0) is 15.6 Å². The van der Waals surface area contributed by atoms with Crippen molar-refractivity contribution in [3.05, 3.63) is 0 Å². The molecule has 0 bridgehead atoms. The number of amides is 3. The Morgan fingerprint density at radius 3 is 2.33 bits per heavy atom. The molecule has 7 heteroatoms. The van der Waals surface area contributed by atoms with Crippen LogP contribution in [0.1, 0.15) is 20.3 Å². The third-order valence-corrected chi connectivity index (χ3v) is 3.87. The molecule has 0 aromatic heterocycles. The largest absolute Gasteiger partial charge is 0.351 e. The van der Waals surface area contributed by atoms with Crippen LogP contribution in [0.4, 0.5) is 4.79 Å². The summed E-state index contributed by atoms with van der Waals surface area (Å²) in [4.78, 5) is 21.7. The minimum absolute atomic E-state index is 0.177. The zero-order valence-electron chi connectivity index (χ0n) is 8.86. The predicted octanol–water partition coefficient (Wildman–Crippen LogP) is -0.944. The van der Waals surface area contributed by atoms with Gasteiger partial charge in [0.25, 0.3) is 0 Å². The van der Waals surface area contributed by atoms with Crippen LogP contribution in [0.2, 0.25) is 0 Å². The van der Waals surface area contributed by atoms with E-state index in [-0.39, 0.29) is 5.25 Å². The molecule has 0 aliphatic rings. The Kier molecular flexibility index (Phi) is 6.11. The Bertz CT molecular complexity index is 270.